The van der Waals surface area contributed by atoms with Crippen LogP contribution in [0.2, 0.25) is 0 Å². The van der Waals surface area contributed by atoms with E-state index in [0.717, 1.165) is 6.54 Å². The Hall–Kier alpha value is -0.380. The summed E-state index contributed by atoms with van der Waals surface area (Å²) in [5, 5.41) is 5.86. The number of nitrogens with one attached hydrogen (secondary N) is 1. The molecule has 1 aliphatic rings. The van der Waals surface area contributed by atoms with Crippen LogP contribution in [0.1, 0.15) is 43.2 Å². The fourth-order valence-corrected chi connectivity index (χ4v) is 3.54. The van der Waals surface area contributed by atoms with Crippen LogP contribution in [0.3, 0.4) is 0 Å². The maximum Gasteiger partial charge on any atom is 0.0389 e. The second-order valence-corrected chi connectivity index (χ2v) is 6.14. The number of hydrogen-bond donors (Lipinski definition) is 1. The average Bonchev–Trinajstić information content (AvgIpc) is 2.95. The van der Waals surface area contributed by atoms with E-state index in [1.165, 1.54) is 36.4 Å². The van der Waals surface area contributed by atoms with E-state index < -0.39 is 0 Å². The van der Waals surface area contributed by atoms with Crippen molar-refractivity contribution in [2.24, 2.45) is 0 Å². The van der Waals surface area contributed by atoms with Gasteiger partial charge in [-0.1, -0.05) is 0 Å². The van der Waals surface area contributed by atoms with Crippen molar-refractivity contribution in [3.8, 4) is 0 Å². The summed E-state index contributed by atoms with van der Waals surface area (Å²) in [6.07, 6.45) is 2.76. The normalized spacial score (nSPS) is 20.6. The third-order valence-electron chi connectivity index (χ3n) is 3.78. The third kappa shape index (κ3) is 3.30. The van der Waals surface area contributed by atoms with Gasteiger partial charge >= 0.3 is 0 Å². The Labute approximate surface area is 109 Å². The molecule has 17 heavy (non-hydrogen) atoms. The molecule has 1 N–H and O–H groups in total. The molecule has 0 radical (unpaired) electrons. The van der Waals surface area contributed by atoms with Gasteiger partial charge in [0, 0.05) is 23.5 Å². The van der Waals surface area contributed by atoms with Gasteiger partial charge < -0.3 is 5.32 Å². The Morgan fingerprint density at radius 1 is 1.35 bits per heavy atom. The molecule has 0 spiro atoms. The molecule has 2 unspecified atom stereocenters. The summed E-state index contributed by atoms with van der Waals surface area (Å²) in [4.78, 5) is 4.08. The molecule has 1 aromatic heterocycles. The van der Waals surface area contributed by atoms with Gasteiger partial charge in [0.1, 0.15) is 0 Å². The summed E-state index contributed by atoms with van der Waals surface area (Å²) >= 11 is 1.87. The highest BCUT2D eigenvalue weighted by atomic mass is 32.1. The van der Waals surface area contributed by atoms with E-state index in [1.807, 2.05) is 11.3 Å². The molecule has 0 aromatic carbocycles. The Morgan fingerprint density at radius 2 is 2.06 bits per heavy atom. The quantitative estimate of drug-likeness (QED) is 0.866. The van der Waals surface area contributed by atoms with Crippen LogP contribution >= 0.6 is 11.3 Å². The van der Waals surface area contributed by atoms with Crippen LogP contribution < -0.4 is 5.32 Å². The van der Waals surface area contributed by atoms with Crippen molar-refractivity contribution >= 4 is 11.3 Å². The van der Waals surface area contributed by atoms with Crippen LogP contribution in [-0.2, 0) is 0 Å². The Balaban J connectivity index is 1.79. The van der Waals surface area contributed by atoms with Crippen LogP contribution in [0.5, 0.6) is 0 Å². The van der Waals surface area contributed by atoms with Crippen LogP contribution in [0.4, 0.5) is 0 Å². The van der Waals surface area contributed by atoms with Crippen molar-refractivity contribution in [1.29, 1.82) is 0 Å². The van der Waals surface area contributed by atoms with Gasteiger partial charge in [-0.3, -0.25) is 4.90 Å². The van der Waals surface area contributed by atoms with E-state index in [2.05, 4.69) is 42.4 Å². The molecule has 96 valence electrons. The summed E-state index contributed by atoms with van der Waals surface area (Å²) in [7, 11) is 0. The van der Waals surface area contributed by atoms with Crippen molar-refractivity contribution in [2.75, 3.05) is 19.6 Å². The zero-order chi connectivity index (χ0) is 12.3. The molecule has 0 bridgehead atoms. The minimum Gasteiger partial charge on any atom is -0.308 e. The smallest absolute Gasteiger partial charge is 0.0389 e. The second kappa shape index (κ2) is 5.98. The SMILES string of the molecule is Cc1ccsc1C(C)NCC(C)N1CCCC1. The molecule has 2 atom stereocenters. The molecular formula is C14H24N2S. The van der Waals surface area contributed by atoms with Crippen LogP contribution in [-0.4, -0.2) is 30.6 Å². The number of hydrogen-bond acceptors (Lipinski definition) is 3. The summed E-state index contributed by atoms with van der Waals surface area (Å²) < 4.78 is 0. The fourth-order valence-electron chi connectivity index (χ4n) is 2.58. The van der Waals surface area contributed by atoms with Crippen molar-refractivity contribution in [3.63, 3.8) is 0 Å². The van der Waals surface area contributed by atoms with Gasteiger partial charge in [-0.05, 0) is 63.7 Å². The van der Waals surface area contributed by atoms with E-state index in [-0.39, 0.29) is 0 Å². The predicted molar refractivity (Wildman–Crippen MR) is 75.7 cm³/mol. The summed E-state index contributed by atoms with van der Waals surface area (Å²) in [5.41, 5.74) is 1.42. The number of rotatable bonds is 5. The minimum atomic E-state index is 0.486. The monoisotopic (exact) mass is 252 g/mol. The molecule has 1 aliphatic heterocycles. The molecule has 0 saturated carbocycles. The second-order valence-electron chi connectivity index (χ2n) is 5.19. The number of likely N-dealkylation sites (tertiary alicyclic amines) is 1. The molecule has 2 heterocycles. The number of aryl methyl sites for hydroxylation is 1. The zero-order valence-corrected chi connectivity index (χ0v) is 12.0. The van der Waals surface area contributed by atoms with Crippen LogP contribution in [0, 0.1) is 6.92 Å². The van der Waals surface area contributed by atoms with E-state index >= 15 is 0 Å². The lowest BCUT2D eigenvalue weighted by atomic mass is 10.2. The Kier molecular flexibility index (Phi) is 4.60. The van der Waals surface area contributed by atoms with E-state index in [4.69, 9.17) is 0 Å². The van der Waals surface area contributed by atoms with Gasteiger partial charge in [-0.15, -0.1) is 11.3 Å². The van der Waals surface area contributed by atoms with E-state index in [0.29, 0.717) is 12.1 Å². The largest absolute Gasteiger partial charge is 0.308 e. The van der Waals surface area contributed by atoms with Crippen molar-refractivity contribution < 1.29 is 0 Å². The van der Waals surface area contributed by atoms with Crippen molar-refractivity contribution in [1.82, 2.24) is 10.2 Å². The number of nitrogens with zero attached hydrogens (tertiary/aromatic N) is 1. The maximum absolute atomic E-state index is 3.67. The first-order valence-electron chi connectivity index (χ1n) is 6.70. The molecule has 2 rings (SSSR count). The molecule has 1 fully saturated rings. The summed E-state index contributed by atoms with van der Waals surface area (Å²) in [6.45, 7) is 10.5. The van der Waals surface area contributed by atoms with Gasteiger partial charge in [0.05, 0.1) is 0 Å². The Bertz CT molecular complexity index is 342. The molecule has 3 heteroatoms. The number of thiophene rings is 1. The van der Waals surface area contributed by atoms with Gasteiger partial charge in [0.25, 0.3) is 0 Å². The first kappa shape index (κ1) is 13.1. The highest BCUT2D eigenvalue weighted by molar-refractivity contribution is 7.10. The van der Waals surface area contributed by atoms with Gasteiger partial charge in [0.2, 0.25) is 0 Å². The fraction of sp³-hybridized carbons (Fsp3) is 0.714. The van der Waals surface area contributed by atoms with E-state index in [1.54, 1.807) is 0 Å². The molecule has 0 aliphatic carbocycles. The lowest BCUT2D eigenvalue weighted by Crippen LogP contribution is -2.39. The first-order chi connectivity index (χ1) is 8.18. The van der Waals surface area contributed by atoms with Crippen molar-refractivity contribution in [3.05, 3.63) is 21.9 Å². The summed E-state index contributed by atoms with van der Waals surface area (Å²) in [5.74, 6) is 0. The van der Waals surface area contributed by atoms with Crippen LogP contribution in [0.25, 0.3) is 0 Å². The molecule has 0 amide bonds. The first-order valence-corrected chi connectivity index (χ1v) is 7.58. The lowest BCUT2D eigenvalue weighted by Gasteiger charge is -2.25. The summed E-state index contributed by atoms with van der Waals surface area (Å²) in [6, 6.07) is 3.36. The van der Waals surface area contributed by atoms with Gasteiger partial charge in [0.15, 0.2) is 0 Å². The topological polar surface area (TPSA) is 15.3 Å². The maximum atomic E-state index is 3.67. The van der Waals surface area contributed by atoms with Gasteiger partial charge in [-0.2, -0.15) is 0 Å². The predicted octanol–water partition coefficient (Wildman–Crippen LogP) is 3.19. The zero-order valence-electron chi connectivity index (χ0n) is 11.2. The molecule has 2 nitrogen and oxygen atoms in total. The standard InChI is InChI=1S/C14H24N2S/c1-11-6-9-17-14(11)13(3)15-10-12(2)16-7-4-5-8-16/h6,9,12-13,15H,4-5,7-8,10H2,1-3H3. The highest BCUT2D eigenvalue weighted by Crippen LogP contribution is 2.23. The third-order valence-corrected chi connectivity index (χ3v) is 4.98. The minimum absolute atomic E-state index is 0.486. The molecule has 1 aromatic rings. The van der Waals surface area contributed by atoms with E-state index in [9.17, 15) is 0 Å². The van der Waals surface area contributed by atoms with Gasteiger partial charge in [-0.25, -0.2) is 0 Å². The lowest BCUT2D eigenvalue weighted by molar-refractivity contribution is 0.247. The van der Waals surface area contributed by atoms with Crippen molar-refractivity contribution in [2.45, 2.75) is 45.7 Å². The molecular weight excluding hydrogens is 228 g/mol. The average molecular weight is 252 g/mol. The molecule has 1 saturated heterocycles. The highest BCUT2D eigenvalue weighted by Gasteiger charge is 2.18. The Morgan fingerprint density at radius 3 is 2.65 bits per heavy atom. The van der Waals surface area contributed by atoms with Crippen LogP contribution in [0.15, 0.2) is 11.4 Å².